The van der Waals surface area contributed by atoms with Crippen molar-refractivity contribution < 1.29 is 29.6 Å². The molecule has 21 heavy (non-hydrogen) atoms. The number of alkyl halides is 1. The first kappa shape index (κ1) is 15.6. The second-order valence-corrected chi connectivity index (χ2v) is 17.1. The Balaban J connectivity index is 1.87. The van der Waals surface area contributed by atoms with E-state index in [2.05, 4.69) is 9.98 Å². The van der Waals surface area contributed by atoms with Gasteiger partial charge in [0.15, 0.2) is 0 Å². The van der Waals surface area contributed by atoms with Gasteiger partial charge in [-0.3, -0.25) is 0 Å². The van der Waals surface area contributed by atoms with Gasteiger partial charge < -0.3 is 0 Å². The van der Waals surface area contributed by atoms with E-state index in [0.29, 0.717) is 4.90 Å². The summed E-state index contributed by atoms with van der Waals surface area (Å²) < 4.78 is 30.9. The normalized spacial score (nSPS) is 23.5. The Morgan fingerprint density at radius 1 is 1.24 bits per heavy atom. The van der Waals surface area contributed by atoms with Crippen molar-refractivity contribution >= 4 is 46.6 Å². The van der Waals surface area contributed by atoms with Gasteiger partial charge in [-0.25, -0.2) is 0 Å². The van der Waals surface area contributed by atoms with Crippen LogP contribution in [0.15, 0.2) is 65.0 Å². The van der Waals surface area contributed by atoms with E-state index in [1.807, 2.05) is 24.5 Å². The topological polar surface area (TPSA) is 58.9 Å². The number of hydrogen-bond donors (Lipinski definition) is 0. The minimum absolute atomic E-state index is 0.00155. The van der Waals surface area contributed by atoms with Gasteiger partial charge in [-0.2, -0.15) is 0 Å². The molecule has 1 aromatic carbocycles. The fraction of sp³-hybridized carbons (Fsp3) is 0.0769. The van der Waals surface area contributed by atoms with E-state index in [1.54, 1.807) is 24.3 Å². The molecule has 2 heterocycles. The maximum atomic E-state index is 12.6. The van der Waals surface area contributed by atoms with E-state index in [4.69, 9.17) is 11.6 Å². The van der Waals surface area contributed by atoms with Crippen molar-refractivity contribution in [3.05, 3.63) is 50.1 Å². The summed E-state index contributed by atoms with van der Waals surface area (Å²) in [5.74, 6) is 0. The SMILES string of the molecule is O=S(=O)(c1ccccc1)I1C=CC(C2N=C(Cl)N=C[I-]2)=C1. The van der Waals surface area contributed by atoms with Gasteiger partial charge in [0, 0.05) is 0 Å². The summed E-state index contributed by atoms with van der Waals surface area (Å²) in [7, 11) is -3.23. The van der Waals surface area contributed by atoms with Crippen molar-refractivity contribution in [3.63, 3.8) is 0 Å². The predicted molar refractivity (Wildman–Crippen MR) is 90.4 cm³/mol. The van der Waals surface area contributed by atoms with Crippen LogP contribution in [0.4, 0.5) is 0 Å². The van der Waals surface area contributed by atoms with Gasteiger partial charge in [-0.1, -0.05) is 0 Å². The first-order valence-corrected chi connectivity index (χ1v) is 15.2. The molecule has 0 radical (unpaired) electrons. The van der Waals surface area contributed by atoms with Gasteiger partial charge in [-0.15, -0.1) is 0 Å². The first-order chi connectivity index (χ1) is 10.1. The van der Waals surface area contributed by atoms with Crippen LogP contribution in [-0.2, 0) is 7.01 Å². The Bertz CT molecular complexity index is 773. The summed E-state index contributed by atoms with van der Waals surface area (Å²) in [4.78, 5) is 8.65. The molecule has 4 nitrogen and oxygen atoms in total. The molecule has 1 aromatic rings. The third-order valence-electron chi connectivity index (χ3n) is 2.70. The second kappa shape index (κ2) is 6.47. The number of nitrogens with zero attached hydrogens (tertiary/aromatic N) is 2. The molecule has 1 unspecified atom stereocenters. The first-order valence-electron chi connectivity index (χ1n) is 5.83. The summed E-state index contributed by atoms with van der Waals surface area (Å²) in [5, 5.41) is 0.249. The van der Waals surface area contributed by atoms with Crippen molar-refractivity contribution in [3.8, 4) is 0 Å². The molecule has 1 atom stereocenters. The number of aliphatic imine (C=N–C) groups is 2. The van der Waals surface area contributed by atoms with E-state index in [9.17, 15) is 8.42 Å². The Hall–Kier alpha value is -0.260. The standard InChI is InChI=1S/C13H10ClI2N2O2S/c14-13-17-9-15-12(18-13)10-6-7-16(8-10)21(19,20)11-4-2-1-3-5-11/h1-9,12H/q-1. The van der Waals surface area contributed by atoms with Crippen LogP contribution in [0, 0.1) is 0 Å². The Kier molecular flexibility index (Phi) is 4.81. The molecule has 8 heteroatoms. The molecular formula is C13H10ClI2N2O2S-. The zero-order chi connectivity index (χ0) is 14.9. The van der Waals surface area contributed by atoms with Crippen molar-refractivity contribution in [2.75, 3.05) is 0 Å². The van der Waals surface area contributed by atoms with Crippen LogP contribution in [0.2, 0.25) is 0 Å². The summed E-state index contributed by atoms with van der Waals surface area (Å²) >= 11 is 3.10. The van der Waals surface area contributed by atoms with Crippen molar-refractivity contribution in [2.45, 2.75) is 8.94 Å². The molecule has 0 bridgehead atoms. The second-order valence-electron chi connectivity index (χ2n) is 4.04. The van der Waals surface area contributed by atoms with Crippen molar-refractivity contribution in [2.24, 2.45) is 9.98 Å². The molecule has 0 amide bonds. The molecule has 2 aliphatic heterocycles. The molecule has 0 aromatic heterocycles. The van der Waals surface area contributed by atoms with Crippen molar-refractivity contribution in [1.82, 2.24) is 0 Å². The third kappa shape index (κ3) is 3.40. The van der Waals surface area contributed by atoms with E-state index in [1.165, 1.54) is 0 Å². The average molecular weight is 548 g/mol. The molecule has 0 spiro atoms. The summed E-state index contributed by atoms with van der Waals surface area (Å²) in [5.41, 5.74) is 0.983. The van der Waals surface area contributed by atoms with E-state index < -0.39 is 25.4 Å². The molecule has 0 aliphatic carbocycles. The van der Waals surface area contributed by atoms with Crippen LogP contribution in [0.5, 0.6) is 0 Å². The van der Waals surface area contributed by atoms with Gasteiger partial charge in [0.2, 0.25) is 0 Å². The average Bonchev–Trinajstić information content (AvgIpc) is 2.99. The summed E-state index contributed by atoms with van der Waals surface area (Å²) in [6.07, 6.45) is 1.91. The summed E-state index contributed by atoms with van der Waals surface area (Å²) in [6, 6.07) is 8.63. The predicted octanol–water partition coefficient (Wildman–Crippen LogP) is 0.345. The number of hydrogen-bond acceptors (Lipinski definition) is 4. The van der Waals surface area contributed by atoms with E-state index in [0.717, 1.165) is 5.57 Å². The van der Waals surface area contributed by atoms with Gasteiger partial charge >= 0.3 is 145 Å². The molecule has 0 N–H and O–H groups in total. The summed E-state index contributed by atoms with van der Waals surface area (Å²) in [6.45, 7) is 0. The molecule has 0 saturated carbocycles. The van der Waals surface area contributed by atoms with Crippen LogP contribution in [0.3, 0.4) is 0 Å². The Labute approximate surface area is 144 Å². The number of benzene rings is 1. The fourth-order valence-electron chi connectivity index (χ4n) is 1.70. The van der Waals surface area contributed by atoms with Gasteiger partial charge in [0.25, 0.3) is 0 Å². The third-order valence-corrected chi connectivity index (χ3v) is 15.7. The van der Waals surface area contributed by atoms with Crippen molar-refractivity contribution in [1.29, 1.82) is 0 Å². The zero-order valence-electron chi connectivity index (χ0n) is 10.5. The van der Waals surface area contributed by atoms with Crippen LogP contribution in [0.25, 0.3) is 0 Å². The van der Waals surface area contributed by atoms with Gasteiger partial charge in [0.05, 0.1) is 0 Å². The molecule has 3 rings (SSSR count). The molecular weight excluding hydrogens is 537 g/mol. The van der Waals surface area contributed by atoms with Crippen LogP contribution in [-0.4, -0.2) is 22.0 Å². The maximum absolute atomic E-state index is 12.6. The number of halogens is 3. The van der Waals surface area contributed by atoms with E-state index in [-0.39, 0.29) is 30.5 Å². The van der Waals surface area contributed by atoms with Crippen LogP contribution < -0.4 is 21.2 Å². The zero-order valence-corrected chi connectivity index (χ0v) is 16.4. The minimum atomic E-state index is -3.23. The van der Waals surface area contributed by atoms with Crippen LogP contribution >= 0.6 is 30.0 Å². The Morgan fingerprint density at radius 2 is 2.00 bits per heavy atom. The Morgan fingerprint density at radius 3 is 2.71 bits per heavy atom. The quantitative estimate of drug-likeness (QED) is 0.237. The molecule has 0 saturated heterocycles. The van der Waals surface area contributed by atoms with Gasteiger partial charge in [-0.05, 0) is 0 Å². The van der Waals surface area contributed by atoms with Crippen LogP contribution in [0.1, 0.15) is 0 Å². The number of rotatable bonds is 3. The molecule has 2 aliphatic rings. The fourth-order valence-corrected chi connectivity index (χ4v) is 13.8. The molecule has 112 valence electrons. The van der Waals surface area contributed by atoms with Gasteiger partial charge in [0.1, 0.15) is 0 Å². The molecule has 0 fully saturated rings. The monoisotopic (exact) mass is 547 g/mol. The number of amidine groups is 1. The van der Waals surface area contributed by atoms with E-state index >= 15 is 0 Å².